The number of likely N-dealkylation sites (tertiary alicyclic amines) is 1. The highest BCUT2D eigenvalue weighted by Crippen LogP contribution is 2.20. The van der Waals surface area contributed by atoms with Crippen molar-refractivity contribution >= 4 is 11.8 Å². The second-order valence-corrected chi connectivity index (χ2v) is 5.65. The molecule has 0 spiro atoms. The van der Waals surface area contributed by atoms with Crippen molar-refractivity contribution in [3.8, 4) is 11.9 Å². The van der Waals surface area contributed by atoms with Crippen LogP contribution in [0.15, 0.2) is 12.4 Å². The molecule has 0 aliphatic carbocycles. The first-order valence-corrected chi connectivity index (χ1v) is 7.63. The maximum atomic E-state index is 12.4. The van der Waals surface area contributed by atoms with Crippen LogP contribution < -0.4 is 10.1 Å². The largest absolute Gasteiger partial charge is 0.470 e. The van der Waals surface area contributed by atoms with Crippen LogP contribution in [-0.4, -0.2) is 51.9 Å². The van der Waals surface area contributed by atoms with E-state index in [1.54, 1.807) is 4.90 Å². The fourth-order valence-corrected chi connectivity index (χ4v) is 2.90. The van der Waals surface area contributed by atoms with Gasteiger partial charge in [-0.05, 0) is 19.3 Å². The van der Waals surface area contributed by atoms with Crippen molar-refractivity contribution in [3.05, 3.63) is 18.1 Å². The van der Waals surface area contributed by atoms with E-state index in [2.05, 4.69) is 15.3 Å². The number of piperidine rings is 1. The minimum absolute atomic E-state index is 0.0659. The SMILES string of the molecule is N#Cc1nccnc1O[C@H]1CCCN(C(=O)[C@@H]2CCC(=O)N2)C1. The van der Waals surface area contributed by atoms with Gasteiger partial charge in [-0.25, -0.2) is 9.97 Å². The van der Waals surface area contributed by atoms with Crippen molar-refractivity contribution in [2.75, 3.05) is 13.1 Å². The number of hydrogen-bond acceptors (Lipinski definition) is 6. The third-order valence-corrected chi connectivity index (χ3v) is 4.03. The van der Waals surface area contributed by atoms with E-state index in [9.17, 15) is 9.59 Å². The Labute approximate surface area is 133 Å². The lowest BCUT2D eigenvalue weighted by Crippen LogP contribution is -2.50. The first kappa shape index (κ1) is 15.2. The second-order valence-electron chi connectivity index (χ2n) is 5.65. The predicted molar refractivity (Wildman–Crippen MR) is 78.1 cm³/mol. The molecular weight excluding hydrogens is 298 g/mol. The second kappa shape index (κ2) is 6.60. The van der Waals surface area contributed by atoms with E-state index >= 15 is 0 Å². The van der Waals surface area contributed by atoms with Gasteiger partial charge in [-0.15, -0.1) is 0 Å². The van der Waals surface area contributed by atoms with Gasteiger partial charge in [-0.3, -0.25) is 9.59 Å². The number of ether oxygens (including phenoxy) is 1. The molecule has 8 nitrogen and oxygen atoms in total. The zero-order valence-electron chi connectivity index (χ0n) is 12.6. The van der Waals surface area contributed by atoms with Crippen LogP contribution in [0, 0.1) is 11.3 Å². The number of aromatic nitrogens is 2. The monoisotopic (exact) mass is 315 g/mol. The molecule has 0 bridgehead atoms. The molecule has 1 aromatic heterocycles. The molecule has 2 aliphatic rings. The molecule has 8 heteroatoms. The average Bonchev–Trinajstić information content (AvgIpc) is 3.01. The van der Waals surface area contributed by atoms with Crippen LogP contribution in [0.2, 0.25) is 0 Å². The highest BCUT2D eigenvalue weighted by atomic mass is 16.5. The summed E-state index contributed by atoms with van der Waals surface area (Å²) in [7, 11) is 0. The molecule has 1 N–H and O–H groups in total. The topological polar surface area (TPSA) is 108 Å². The first-order chi connectivity index (χ1) is 11.2. The Hall–Kier alpha value is -2.69. The lowest BCUT2D eigenvalue weighted by atomic mass is 10.1. The van der Waals surface area contributed by atoms with Crippen molar-refractivity contribution < 1.29 is 14.3 Å². The van der Waals surface area contributed by atoms with Gasteiger partial charge < -0.3 is 15.0 Å². The van der Waals surface area contributed by atoms with Gasteiger partial charge >= 0.3 is 0 Å². The molecule has 3 heterocycles. The van der Waals surface area contributed by atoms with E-state index in [1.165, 1.54) is 12.4 Å². The Morgan fingerprint density at radius 3 is 2.96 bits per heavy atom. The van der Waals surface area contributed by atoms with Gasteiger partial charge in [0.1, 0.15) is 18.2 Å². The summed E-state index contributed by atoms with van der Waals surface area (Å²) in [4.78, 5) is 33.4. The van der Waals surface area contributed by atoms with Gasteiger partial charge in [-0.2, -0.15) is 5.26 Å². The Kier molecular flexibility index (Phi) is 4.37. The van der Waals surface area contributed by atoms with Gasteiger partial charge in [0.05, 0.1) is 6.54 Å². The summed E-state index contributed by atoms with van der Waals surface area (Å²) in [5, 5.41) is 11.7. The molecule has 0 radical (unpaired) electrons. The Morgan fingerprint density at radius 1 is 1.39 bits per heavy atom. The third kappa shape index (κ3) is 3.39. The summed E-state index contributed by atoms with van der Waals surface area (Å²) in [6.45, 7) is 1.07. The van der Waals surface area contributed by atoms with Gasteiger partial charge in [0, 0.05) is 25.4 Å². The Bertz CT molecular complexity index is 657. The number of nitriles is 1. The zero-order valence-corrected chi connectivity index (χ0v) is 12.6. The lowest BCUT2D eigenvalue weighted by Gasteiger charge is -2.34. The molecular formula is C15H17N5O3. The van der Waals surface area contributed by atoms with E-state index in [4.69, 9.17) is 10.00 Å². The zero-order chi connectivity index (χ0) is 16.2. The summed E-state index contributed by atoms with van der Waals surface area (Å²) >= 11 is 0. The fourth-order valence-electron chi connectivity index (χ4n) is 2.90. The fraction of sp³-hybridized carbons (Fsp3) is 0.533. The maximum absolute atomic E-state index is 12.4. The minimum atomic E-state index is -0.424. The minimum Gasteiger partial charge on any atom is -0.470 e. The van der Waals surface area contributed by atoms with Crippen molar-refractivity contribution in [3.63, 3.8) is 0 Å². The van der Waals surface area contributed by atoms with Crippen LogP contribution in [0.5, 0.6) is 5.88 Å². The molecule has 3 rings (SSSR count). The third-order valence-electron chi connectivity index (χ3n) is 4.03. The van der Waals surface area contributed by atoms with E-state index in [1.807, 2.05) is 6.07 Å². The standard InChI is InChI=1S/C15H17N5O3/c16-8-12-14(18-6-5-17-12)23-10-2-1-7-20(9-10)15(22)11-3-4-13(21)19-11/h5-6,10-11H,1-4,7,9H2,(H,19,21)/t10-,11-/m0/s1. The van der Waals surface area contributed by atoms with Crippen molar-refractivity contribution in [1.82, 2.24) is 20.2 Å². The Balaban J connectivity index is 1.63. The van der Waals surface area contributed by atoms with Gasteiger partial charge in [0.15, 0.2) is 0 Å². The summed E-state index contributed by atoms with van der Waals surface area (Å²) < 4.78 is 5.76. The van der Waals surface area contributed by atoms with E-state index in [0.717, 1.165) is 12.8 Å². The molecule has 2 aliphatic heterocycles. The highest BCUT2D eigenvalue weighted by molar-refractivity contribution is 5.90. The normalized spacial score (nSPS) is 24.0. The van der Waals surface area contributed by atoms with Crippen LogP contribution in [0.25, 0.3) is 0 Å². The van der Waals surface area contributed by atoms with Crippen LogP contribution in [0.3, 0.4) is 0 Å². The maximum Gasteiger partial charge on any atom is 0.251 e. The van der Waals surface area contributed by atoms with Crippen LogP contribution in [-0.2, 0) is 9.59 Å². The number of nitrogens with one attached hydrogen (secondary N) is 1. The van der Waals surface area contributed by atoms with E-state index < -0.39 is 6.04 Å². The number of hydrogen-bond donors (Lipinski definition) is 1. The molecule has 0 unspecified atom stereocenters. The number of rotatable bonds is 3. The van der Waals surface area contributed by atoms with E-state index in [0.29, 0.717) is 25.9 Å². The highest BCUT2D eigenvalue weighted by Gasteiger charge is 2.33. The number of carbonyl (C=O) groups excluding carboxylic acids is 2. The molecule has 1 aromatic rings. The summed E-state index contributed by atoms with van der Waals surface area (Å²) in [6, 6.07) is 1.52. The predicted octanol–water partition coefficient (Wildman–Crippen LogP) is -0.00332. The van der Waals surface area contributed by atoms with Crippen LogP contribution >= 0.6 is 0 Å². The van der Waals surface area contributed by atoms with Crippen molar-refractivity contribution in [1.29, 1.82) is 5.26 Å². The van der Waals surface area contributed by atoms with Gasteiger partial charge in [-0.1, -0.05) is 0 Å². The van der Waals surface area contributed by atoms with Gasteiger partial charge in [0.2, 0.25) is 17.5 Å². The van der Waals surface area contributed by atoms with Crippen molar-refractivity contribution in [2.45, 2.75) is 37.8 Å². The Morgan fingerprint density at radius 2 is 2.22 bits per heavy atom. The average molecular weight is 315 g/mol. The number of carbonyl (C=O) groups is 2. The lowest BCUT2D eigenvalue weighted by molar-refractivity contribution is -0.136. The molecule has 120 valence electrons. The van der Waals surface area contributed by atoms with Crippen molar-refractivity contribution in [2.24, 2.45) is 0 Å². The van der Waals surface area contributed by atoms with Crippen LogP contribution in [0.1, 0.15) is 31.4 Å². The summed E-state index contributed by atoms with van der Waals surface area (Å²) in [5.41, 5.74) is 0.138. The smallest absolute Gasteiger partial charge is 0.251 e. The molecule has 2 atom stereocenters. The quantitative estimate of drug-likeness (QED) is 0.841. The van der Waals surface area contributed by atoms with E-state index in [-0.39, 0.29) is 29.5 Å². The van der Waals surface area contributed by atoms with Crippen LogP contribution in [0.4, 0.5) is 0 Å². The first-order valence-electron chi connectivity index (χ1n) is 7.63. The van der Waals surface area contributed by atoms with Gasteiger partial charge in [0.25, 0.3) is 5.88 Å². The number of nitrogens with zero attached hydrogens (tertiary/aromatic N) is 4. The number of amides is 2. The summed E-state index contributed by atoms with van der Waals surface area (Å²) in [5.74, 6) is 0.0543. The molecule has 23 heavy (non-hydrogen) atoms. The molecule has 0 saturated carbocycles. The molecule has 2 fully saturated rings. The molecule has 2 amide bonds. The molecule has 0 aromatic carbocycles. The summed E-state index contributed by atoms with van der Waals surface area (Å²) in [6.07, 6.45) is 5.20. The molecule has 2 saturated heterocycles.